The third-order valence-electron chi connectivity index (χ3n) is 3.45. The van der Waals surface area contributed by atoms with Crippen molar-refractivity contribution in [3.05, 3.63) is 59.8 Å². The first-order valence-electron chi connectivity index (χ1n) is 7.53. The Hall–Kier alpha value is -2.99. The number of hydrogen-bond acceptors (Lipinski definition) is 6. The molecule has 2 aromatic carbocycles. The zero-order valence-corrected chi connectivity index (χ0v) is 14.5. The van der Waals surface area contributed by atoms with E-state index in [-0.39, 0.29) is 0 Å². The lowest BCUT2D eigenvalue weighted by Gasteiger charge is -2.13. The summed E-state index contributed by atoms with van der Waals surface area (Å²) in [5.74, 6) is 2.42. The van der Waals surface area contributed by atoms with Gasteiger partial charge in [-0.25, -0.2) is 4.98 Å². The van der Waals surface area contributed by atoms with Crippen molar-refractivity contribution in [1.82, 2.24) is 9.97 Å². The Morgan fingerprint density at radius 1 is 0.920 bits per heavy atom. The predicted octanol–water partition coefficient (Wildman–Crippen LogP) is 4.63. The minimum atomic E-state index is 0.436. The van der Waals surface area contributed by atoms with Crippen LogP contribution in [0.4, 0.5) is 23.1 Å². The van der Waals surface area contributed by atoms with Gasteiger partial charge in [-0.3, -0.25) is 0 Å². The van der Waals surface area contributed by atoms with E-state index in [0.717, 1.165) is 11.4 Å². The molecule has 0 fully saturated rings. The molecule has 6 nitrogen and oxygen atoms in total. The second kappa shape index (κ2) is 7.72. The fourth-order valence-corrected chi connectivity index (χ4v) is 2.39. The van der Waals surface area contributed by atoms with Crippen molar-refractivity contribution in [1.29, 1.82) is 0 Å². The summed E-state index contributed by atoms with van der Waals surface area (Å²) in [6.07, 6.45) is 1.66. The van der Waals surface area contributed by atoms with Crippen LogP contribution in [-0.4, -0.2) is 24.2 Å². The number of hydrogen-bond donors (Lipinski definition) is 2. The number of halogens is 1. The molecule has 0 saturated heterocycles. The number of nitrogens with one attached hydrogen (secondary N) is 2. The van der Waals surface area contributed by atoms with Crippen LogP contribution in [0.15, 0.2) is 54.7 Å². The number of anilines is 4. The number of nitrogens with zero attached hydrogens (tertiary/aromatic N) is 2. The smallest absolute Gasteiger partial charge is 0.229 e. The van der Waals surface area contributed by atoms with Gasteiger partial charge in [0.2, 0.25) is 5.95 Å². The first-order chi connectivity index (χ1) is 12.2. The Kier molecular flexibility index (Phi) is 5.20. The van der Waals surface area contributed by atoms with Crippen LogP contribution in [0.5, 0.6) is 11.5 Å². The van der Waals surface area contributed by atoms with Gasteiger partial charge in [0.25, 0.3) is 0 Å². The van der Waals surface area contributed by atoms with E-state index < -0.39 is 0 Å². The van der Waals surface area contributed by atoms with Gasteiger partial charge in [0.15, 0.2) is 0 Å². The molecule has 25 heavy (non-hydrogen) atoms. The van der Waals surface area contributed by atoms with E-state index in [1.807, 2.05) is 30.3 Å². The first kappa shape index (κ1) is 16.9. The minimum Gasteiger partial charge on any atom is -0.497 e. The van der Waals surface area contributed by atoms with E-state index in [1.54, 1.807) is 38.6 Å². The Balaban J connectivity index is 1.81. The standard InChI is InChI=1S/C18H17ClN4O2/c1-24-12-7-8-15(16(11-12)25-2)21-17-9-10-20-18(23-17)22-14-6-4-3-5-13(14)19/h3-11H,1-2H3,(H2,20,21,22,23). The molecule has 0 spiro atoms. The summed E-state index contributed by atoms with van der Waals surface area (Å²) in [7, 11) is 3.21. The second-order valence-electron chi connectivity index (χ2n) is 5.06. The van der Waals surface area contributed by atoms with E-state index in [0.29, 0.717) is 28.3 Å². The van der Waals surface area contributed by atoms with Crippen LogP contribution in [0.3, 0.4) is 0 Å². The normalized spacial score (nSPS) is 10.2. The summed E-state index contributed by atoms with van der Waals surface area (Å²) in [5.41, 5.74) is 1.51. The quantitative estimate of drug-likeness (QED) is 0.671. The zero-order valence-electron chi connectivity index (χ0n) is 13.8. The molecule has 0 aliphatic heterocycles. The summed E-state index contributed by atoms with van der Waals surface area (Å²) in [6.45, 7) is 0. The van der Waals surface area contributed by atoms with Gasteiger partial charge in [-0.2, -0.15) is 4.98 Å². The van der Waals surface area contributed by atoms with Crippen molar-refractivity contribution in [3.63, 3.8) is 0 Å². The molecule has 3 aromatic rings. The molecule has 1 aromatic heterocycles. The highest BCUT2D eigenvalue weighted by Crippen LogP contribution is 2.31. The molecule has 3 rings (SSSR count). The topological polar surface area (TPSA) is 68.3 Å². The third kappa shape index (κ3) is 4.10. The number of ether oxygens (including phenoxy) is 2. The van der Waals surface area contributed by atoms with Crippen molar-refractivity contribution >= 4 is 34.7 Å². The molecule has 0 saturated carbocycles. The highest BCUT2D eigenvalue weighted by Gasteiger charge is 2.08. The SMILES string of the molecule is COc1ccc(Nc2ccnc(Nc3ccccc3Cl)n2)c(OC)c1. The molecule has 0 bridgehead atoms. The summed E-state index contributed by atoms with van der Waals surface area (Å²) in [5, 5.41) is 6.91. The lowest BCUT2D eigenvalue weighted by atomic mass is 10.2. The van der Waals surface area contributed by atoms with Gasteiger partial charge < -0.3 is 20.1 Å². The highest BCUT2D eigenvalue weighted by molar-refractivity contribution is 6.33. The van der Waals surface area contributed by atoms with Crippen molar-refractivity contribution < 1.29 is 9.47 Å². The molecular weight excluding hydrogens is 340 g/mol. The average molecular weight is 357 g/mol. The summed E-state index contributed by atoms with van der Waals surface area (Å²) < 4.78 is 10.6. The van der Waals surface area contributed by atoms with Crippen molar-refractivity contribution in [2.24, 2.45) is 0 Å². The van der Waals surface area contributed by atoms with E-state index in [9.17, 15) is 0 Å². The Labute approximate surface area is 150 Å². The van der Waals surface area contributed by atoms with Gasteiger partial charge in [-0.15, -0.1) is 0 Å². The van der Waals surface area contributed by atoms with Crippen LogP contribution in [0.2, 0.25) is 5.02 Å². The van der Waals surface area contributed by atoms with Crippen molar-refractivity contribution in [2.75, 3.05) is 24.9 Å². The highest BCUT2D eigenvalue weighted by atomic mass is 35.5. The van der Waals surface area contributed by atoms with Crippen LogP contribution in [0.1, 0.15) is 0 Å². The van der Waals surface area contributed by atoms with Gasteiger partial charge >= 0.3 is 0 Å². The maximum Gasteiger partial charge on any atom is 0.229 e. The maximum absolute atomic E-state index is 6.15. The summed E-state index contributed by atoms with van der Waals surface area (Å²) in [6, 6.07) is 14.7. The second-order valence-corrected chi connectivity index (χ2v) is 5.47. The lowest BCUT2D eigenvalue weighted by Crippen LogP contribution is -2.01. The van der Waals surface area contributed by atoms with Crippen LogP contribution in [-0.2, 0) is 0 Å². The molecule has 0 amide bonds. The van der Waals surface area contributed by atoms with Gasteiger partial charge in [-0.1, -0.05) is 23.7 Å². The fraction of sp³-hybridized carbons (Fsp3) is 0.111. The van der Waals surface area contributed by atoms with E-state index in [4.69, 9.17) is 21.1 Å². The molecule has 0 radical (unpaired) electrons. The Bertz CT molecular complexity index is 873. The molecule has 0 aliphatic rings. The van der Waals surface area contributed by atoms with Gasteiger partial charge in [0.1, 0.15) is 17.3 Å². The molecule has 128 valence electrons. The molecule has 0 aliphatic carbocycles. The van der Waals surface area contributed by atoms with Crippen LogP contribution in [0, 0.1) is 0 Å². The Morgan fingerprint density at radius 2 is 1.76 bits per heavy atom. The average Bonchev–Trinajstić information content (AvgIpc) is 2.64. The van der Waals surface area contributed by atoms with E-state index >= 15 is 0 Å². The number of para-hydroxylation sites is 1. The number of benzene rings is 2. The minimum absolute atomic E-state index is 0.436. The van der Waals surface area contributed by atoms with Gasteiger partial charge in [0, 0.05) is 12.3 Å². The largest absolute Gasteiger partial charge is 0.497 e. The van der Waals surface area contributed by atoms with Gasteiger partial charge in [-0.05, 0) is 30.3 Å². The van der Waals surface area contributed by atoms with Crippen molar-refractivity contribution in [2.45, 2.75) is 0 Å². The maximum atomic E-state index is 6.15. The number of methoxy groups -OCH3 is 2. The van der Waals surface area contributed by atoms with Crippen LogP contribution in [0.25, 0.3) is 0 Å². The summed E-state index contributed by atoms with van der Waals surface area (Å²) in [4.78, 5) is 8.66. The zero-order chi connectivity index (χ0) is 17.6. The molecular formula is C18H17ClN4O2. The molecule has 2 N–H and O–H groups in total. The van der Waals surface area contributed by atoms with Crippen molar-refractivity contribution in [3.8, 4) is 11.5 Å². The van der Waals surface area contributed by atoms with Crippen LogP contribution < -0.4 is 20.1 Å². The van der Waals surface area contributed by atoms with E-state index in [2.05, 4.69) is 20.6 Å². The molecule has 0 unspecified atom stereocenters. The Morgan fingerprint density at radius 3 is 2.52 bits per heavy atom. The first-order valence-corrected chi connectivity index (χ1v) is 7.91. The van der Waals surface area contributed by atoms with E-state index in [1.165, 1.54) is 0 Å². The molecule has 0 atom stereocenters. The number of rotatable bonds is 6. The lowest BCUT2D eigenvalue weighted by molar-refractivity contribution is 0.395. The van der Waals surface area contributed by atoms with Gasteiger partial charge in [0.05, 0.1) is 30.6 Å². The molecule has 1 heterocycles. The van der Waals surface area contributed by atoms with Crippen LogP contribution >= 0.6 is 11.6 Å². The fourth-order valence-electron chi connectivity index (χ4n) is 2.21. The number of aromatic nitrogens is 2. The predicted molar refractivity (Wildman–Crippen MR) is 99.6 cm³/mol. The monoisotopic (exact) mass is 356 g/mol. The molecule has 7 heteroatoms. The third-order valence-corrected chi connectivity index (χ3v) is 3.78. The summed E-state index contributed by atoms with van der Waals surface area (Å²) >= 11 is 6.15.